The van der Waals surface area contributed by atoms with Crippen molar-refractivity contribution in [2.24, 2.45) is 11.3 Å². The number of rotatable bonds is 66. The average Bonchev–Trinajstić information content (AvgIpc) is 0.787. The third kappa shape index (κ3) is 58.3. The zero-order chi connectivity index (χ0) is 65.9. The first-order valence-electron chi connectivity index (χ1n) is 44.4. The summed E-state index contributed by atoms with van der Waals surface area (Å²) in [6.07, 6.45) is 120. The Bertz CT molecular complexity index is 1480. The van der Waals surface area contributed by atoms with Crippen molar-refractivity contribution in [3.63, 3.8) is 0 Å². The van der Waals surface area contributed by atoms with Gasteiger partial charge < -0.3 is 0 Å². The number of fused-ring (bicyclic) bond motifs is 1. The summed E-state index contributed by atoms with van der Waals surface area (Å²) in [4.78, 5) is 0. The van der Waals surface area contributed by atoms with E-state index >= 15 is 0 Å². The smallest absolute Gasteiger partial charge is 0.0316 e. The van der Waals surface area contributed by atoms with Crippen molar-refractivity contribution in [1.29, 1.82) is 0 Å². The van der Waals surface area contributed by atoms with Crippen molar-refractivity contribution < 1.29 is 0 Å². The van der Waals surface area contributed by atoms with Gasteiger partial charge in [-0.15, -0.1) is 9.24 Å². The van der Waals surface area contributed by atoms with Crippen LogP contribution in [0.25, 0.3) is 0 Å². The van der Waals surface area contributed by atoms with Gasteiger partial charge in [-0.05, 0) is 68.4 Å². The van der Waals surface area contributed by atoms with Crippen molar-refractivity contribution in [1.82, 2.24) is 0 Å². The second-order valence-corrected chi connectivity index (χ2v) is 36.0. The molecule has 548 valence electrons. The van der Waals surface area contributed by atoms with E-state index in [2.05, 4.69) is 43.0 Å². The first kappa shape index (κ1) is 88.6. The van der Waals surface area contributed by atoms with Crippen molar-refractivity contribution in [3.05, 3.63) is 11.6 Å². The normalized spacial score (nSPS) is 19.5. The third-order valence-electron chi connectivity index (χ3n) is 23.8. The van der Waals surface area contributed by atoms with Crippen LogP contribution in [0.4, 0.5) is 0 Å². The van der Waals surface area contributed by atoms with Gasteiger partial charge in [0.25, 0.3) is 0 Å². The maximum Gasteiger partial charge on any atom is 0.0316 e. The zero-order valence-corrected chi connectivity index (χ0v) is 66.8. The summed E-state index contributed by atoms with van der Waals surface area (Å²) in [5, 5.41) is 0.490. The number of hydrogen-bond acceptors (Lipinski definition) is 1. The topological polar surface area (TPSA) is 0 Å². The molecule has 2 heteroatoms. The molecule has 2 aliphatic rings. The van der Waals surface area contributed by atoms with Gasteiger partial charge in [-0.25, -0.2) is 0 Å². The third-order valence-corrected chi connectivity index (χ3v) is 24.8. The number of allylic oxidation sites excluding steroid dienone is 1. The molecule has 2 aliphatic carbocycles. The zero-order valence-electron chi connectivity index (χ0n) is 64.7. The van der Waals surface area contributed by atoms with Gasteiger partial charge in [-0.1, -0.05) is 501 Å². The van der Waals surface area contributed by atoms with Gasteiger partial charge in [0.2, 0.25) is 0 Å². The highest BCUT2D eigenvalue weighted by atomic mass is 32.1. The van der Waals surface area contributed by atoms with E-state index in [1.165, 1.54) is 514 Å². The standard InChI is InChI=1S/C90H177PS/c1-5-6-7-8-66-72-77-82-89(3,91)83-78-73-68-63-59-54-51-49-47-45-43-41-39-37-35-33-31-29-27-25-23-21-19-17-15-13-11-9-10-12-14-16-18-20-22-24-26-28-30-32-34-36-38-40-42-44-46-48-50-52-56-60-64-69-74-79-86-84-88(2)81-76-71-67-62-58-55-53-57-61-65-70-75-80-87(88)90(4,92)85-86/h85,87,92H,5-84,91H2,1-4H3. The molecule has 0 spiro atoms. The molecule has 0 bridgehead atoms. The minimum absolute atomic E-state index is 0.0648. The molecule has 0 saturated heterocycles. The van der Waals surface area contributed by atoms with Crippen LogP contribution in [0, 0.1) is 11.3 Å². The first-order valence-corrected chi connectivity index (χ1v) is 45.4. The van der Waals surface area contributed by atoms with Crippen LogP contribution < -0.4 is 0 Å². The van der Waals surface area contributed by atoms with Gasteiger partial charge in [0.15, 0.2) is 0 Å². The lowest BCUT2D eigenvalue weighted by Gasteiger charge is -2.50. The molecule has 1 saturated carbocycles. The van der Waals surface area contributed by atoms with Gasteiger partial charge in [0.1, 0.15) is 0 Å². The lowest BCUT2D eigenvalue weighted by Crippen LogP contribution is -2.44. The molecule has 2 rings (SSSR count). The molecule has 92 heavy (non-hydrogen) atoms. The Balaban J connectivity index is 1.18. The van der Waals surface area contributed by atoms with Crippen LogP contribution in [-0.2, 0) is 0 Å². The average molecular weight is 1320 g/mol. The van der Waals surface area contributed by atoms with E-state index in [9.17, 15) is 0 Å². The van der Waals surface area contributed by atoms with E-state index in [-0.39, 0.29) is 4.75 Å². The van der Waals surface area contributed by atoms with E-state index in [0.717, 1.165) is 5.92 Å². The Morgan fingerprint density at radius 2 is 0.522 bits per heavy atom. The number of thiol groups is 1. The molecule has 0 radical (unpaired) electrons. The predicted molar refractivity (Wildman–Crippen MR) is 430 cm³/mol. The molecule has 0 N–H and O–H groups in total. The molecule has 0 aliphatic heterocycles. The van der Waals surface area contributed by atoms with E-state index in [1.807, 2.05) is 0 Å². The lowest BCUT2D eigenvalue weighted by molar-refractivity contribution is 0.115. The molecule has 0 aromatic rings. The molecule has 0 heterocycles. The number of unbranched alkanes of at least 4 members (excludes halogenated alkanes) is 60. The monoisotopic (exact) mass is 1320 g/mol. The second kappa shape index (κ2) is 67.3. The first-order chi connectivity index (χ1) is 45.2. The Labute approximate surface area is 592 Å². The molecule has 0 nitrogen and oxygen atoms in total. The van der Waals surface area contributed by atoms with Crippen LogP contribution in [0.5, 0.6) is 0 Å². The molecular formula is C90H177PS. The van der Waals surface area contributed by atoms with Crippen molar-refractivity contribution >= 4 is 21.9 Å². The fraction of sp³-hybridized carbons (Fsp3) is 0.978. The predicted octanol–water partition coefficient (Wildman–Crippen LogP) is 34.1. The summed E-state index contributed by atoms with van der Waals surface area (Å²) < 4.78 is 0.0648. The molecule has 0 amide bonds. The summed E-state index contributed by atoms with van der Waals surface area (Å²) in [6.45, 7) is 9.97. The van der Waals surface area contributed by atoms with Gasteiger partial charge >= 0.3 is 0 Å². The fourth-order valence-electron chi connectivity index (χ4n) is 17.5. The summed E-state index contributed by atoms with van der Waals surface area (Å²) in [6, 6.07) is 0. The number of hydrogen-bond donors (Lipinski definition) is 1. The van der Waals surface area contributed by atoms with Crippen molar-refractivity contribution in [3.8, 4) is 0 Å². The van der Waals surface area contributed by atoms with Crippen molar-refractivity contribution in [2.75, 3.05) is 0 Å². The highest BCUT2D eigenvalue weighted by Gasteiger charge is 2.45. The minimum atomic E-state index is 0.0648. The van der Waals surface area contributed by atoms with Crippen LogP contribution in [0.3, 0.4) is 0 Å². The lowest BCUT2D eigenvalue weighted by atomic mass is 9.59. The van der Waals surface area contributed by atoms with Gasteiger partial charge in [0, 0.05) is 4.75 Å². The van der Waals surface area contributed by atoms with Crippen molar-refractivity contribution in [2.45, 2.75) is 551 Å². The highest BCUT2D eigenvalue weighted by Crippen LogP contribution is 2.54. The molecule has 5 atom stereocenters. The SMILES string of the molecule is CCCCCCCCCC(C)(P)CCCCCCCCCCCCCCCCCCCCCCCCCCCCCCCCCCCCCCCCCCCCCCCCCCCCCCCCCC1=CC(C)(S)C2CCCCCCCCCCCCCCC2(C)C1. The largest absolute Gasteiger partial charge is 0.168 e. The van der Waals surface area contributed by atoms with E-state index < -0.39 is 0 Å². The maximum absolute atomic E-state index is 5.45. The van der Waals surface area contributed by atoms with Crippen LogP contribution in [0.15, 0.2) is 11.6 Å². The fourth-order valence-corrected chi connectivity index (χ4v) is 18.5. The molecule has 0 aromatic carbocycles. The summed E-state index contributed by atoms with van der Waals surface area (Å²) in [5.74, 6) is 0.732. The Hall–Kier alpha value is 0.520. The summed E-state index contributed by atoms with van der Waals surface area (Å²) >= 11 is 5.45. The van der Waals surface area contributed by atoms with E-state index in [4.69, 9.17) is 12.6 Å². The minimum Gasteiger partial charge on any atom is -0.168 e. The summed E-state index contributed by atoms with van der Waals surface area (Å²) in [7, 11) is 3.21. The van der Waals surface area contributed by atoms with E-state index in [0.29, 0.717) is 10.6 Å². The highest BCUT2D eigenvalue weighted by molar-refractivity contribution is 7.82. The van der Waals surface area contributed by atoms with Gasteiger partial charge in [-0.2, -0.15) is 12.6 Å². The van der Waals surface area contributed by atoms with Crippen LogP contribution in [-0.4, -0.2) is 9.90 Å². The Morgan fingerprint density at radius 3 is 0.772 bits per heavy atom. The summed E-state index contributed by atoms with van der Waals surface area (Å²) in [5.41, 5.74) is 2.20. The second-order valence-electron chi connectivity index (χ2n) is 33.7. The molecule has 1 fully saturated rings. The Morgan fingerprint density at radius 1 is 0.315 bits per heavy atom. The van der Waals surface area contributed by atoms with Crippen LogP contribution in [0.1, 0.15) is 541 Å². The Kier molecular flexibility index (Phi) is 64.9. The van der Waals surface area contributed by atoms with E-state index in [1.54, 1.807) is 5.57 Å². The quantitative estimate of drug-likeness (QED) is 0.0267. The maximum atomic E-state index is 5.45. The van der Waals surface area contributed by atoms with Crippen LogP contribution >= 0.6 is 21.9 Å². The van der Waals surface area contributed by atoms with Crippen LogP contribution in [0.2, 0.25) is 0 Å². The molecular weight excluding hydrogens is 1140 g/mol. The van der Waals surface area contributed by atoms with Gasteiger partial charge in [-0.3, -0.25) is 0 Å². The van der Waals surface area contributed by atoms with Gasteiger partial charge in [0.05, 0.1) is 0 Å². The molecule has 5 unspecified atom stereocenters. The molecule has 0 aromatic heterocycles.